The fraction of sp³-hybridized carbons (Fsp3) is 0.526. The van der Waals surface area contributed by atoms with Crippen molar-refractivity contribution in [3.8, 4) is 5.69 Å². The van der Waals surface area contributed by atoms with Gasteiger partial charge < -0.3 is 9.84 Å². The Kier molecular flexibility index (Phi) is 5.06. The van der Waals surface area contributed by atoms with E-state index < -0.39 is 6.09 Å². The highest BCUT2D eigenvalue weighted by Gasteiger charge is 2.31. The van der Waals surface area contributed by atoms with Crippen molar-refractivity contribution in [3.63, 3.8) is 0 Å². The first-order valence-corrected chi connectivity index (χ1v) is 9.77. The minimum absolute atomic E-state index is 0.211. The second-order valence-corrected chi connectivity index (χ2v) is 7.59. The molecule has 4 rings (SSSR count). The summed E-state index contributed by atoms with van der Waals surface area (Å²) >= 11 is 6.17. The Morgan fingerprint density at radius 1 is 1.26 bits per heavy atom. The van der Waals surface area contributed by atoms with Crippen LogP contribution in [0.5, 0.6) is 0 Å². The molecule has 8 heteroatoms. The molecule has 1 fully saturated rings. The van der Waals surface area contributed by atoms with Crippen LogP contribution in [0, 0.1) is 0 Å². The van der Waals surface area contributed by atoms with E-state index in [0.29, 0.717) is 22.9 Å². The summed E-state index contributed by atoms with van der Waals surface area (Å²) in [6.07, 6.45) is 3.36. The quantitative estimate of drug-likeness (QED) is 0.857. The number of halogens is 1. The van der Waals surface area contributed by atoms with Crippen molar-refractivity contribution in [2.75, 3.05) is 6.61 Å². The van der Waals surface area contributed by atoms with Gasteiger partial charge in [0.15, 0.2) is 5.82 Å². The van der Waals surface area contributed by atoms with Crippen LogP contribution < -0.4 is 0 Å². The molecule has 0 radical (unpaired) electrons. The van der Waals surface area contributed by atoms with E-state index in [1.807, 2.05) is 29.7 Å². The van der Waals surface area contributed by atoms with Crippen LogP contribution in [0.3, 0.4) is 0 Å². The third-order valence-corrected chi connectivity index (χ3v) is 5.68. The van der Waals surface area contributed by atoms with E-state index in [1.165, 1.54) is 4.90 Å². The number of carbonyl (C=O) groups is 1. The maximum absolute atomic E-state index is 11.6. The lowest BCUT2D eigenvalue weighted by atomic mass is 9.86. The predicted molar refractivity (Wildman–Crippen MR) is 100 cm³/mol. The molecule has 27 heavy (non-hydrogen) atoms. The summed E-state index contributed by atoms with van der Waals surface area (Å²) in [5, 5.41) is 18.9. The molecule has 0 bridgehead atoms. The molecule has 2 aliphatic rings. The lowest BCUT2D eigenvalue weighted by Crippen LogP contribution is -2.28. The third kappa shape index (κ3) is 3.53. The van der Waals surface area contributed by atoms with E-state index >= 15 is 0 Å². The zero-order valence-corrected chi connectivity index (χ0v) is 16.0. The lowest BCUT2D eigenvalue weighted by molar-refractivity contribution is 0.0321. The van der Waals surface area contributed by atoms with Crippen LogP contribution in [-0.2, 0) is 17.8 Å². The molecule has 1 aromatic carbocycles. The Morgan fingerprint density at radius 2 is 2.04 bits per heavy atom. The highest BCUT2D eigenvalue weighted by atomic mass is 35.5. The summed E-state index contributed by atoms with van der Waals surface area (Å²) < 4.78 is 7.80. The number of hydrogen-bond donors (Lipinski definition) is 1. The molecule has 0 atom stereocenters. The Bertz CT molecular complexity index is 845. The van der Waals surface area contributed by atoms with Gasteiger partial charge in [0.1, 0.15) is 5.82 Å². The van der Waals surface area contributed by atoms with Crippen molar-refractivity contribution in [2.24, 2.45) is 0 Å². The van der Waals surface area contributed by atoms with Gasteiger partial charge in [-0.1, -0.05) is 11.6 Å². The number of hydrogen-bond acceptors (Lipinski definition) is 4. The first-order chi connectivity index (χ1) is 13.1. The van der Waals surface area contributed by atoms with Crippen molar-refractivity contribution >= 4 is 17.7 Å². The maximum atomic E-state index is 11.6. The lowest BCUT2D eigenvalue weighted by Gasteiger charge is -2.28. The number of ether oxygens (including phenoxy) is 1. The predicted octanol–water partition coefficient (Wildman–Crippen LogP) is 3.98. The molecule has 1 amide bonds. The summed E-state index contributed by atoms with van der Waals surface area (Å²) in [7, 11) is 0. The summed E-state index contributed by atoms with van der Waals surface area (Å²) in [5.74, 6) is 1.86. The molecular weight excluding hydrogens is 368 g/mol. The van der Waals surface area contributed by atoms with Gasteiger partial charge in [0.05, 0.1) is 24.9 Å². The van der Waals surface area contributed by atoms with Gasteiger partial charge in [-0.15, -0.1) is 10.2 Å². The first kappa shape index (κ1) is 18.3. The number of nitrogens with zero attached hydrogens (tertiary/aromatic N) is 4. The van der Waals surface area contributed by atoms with Gasteiger partial charge in [0, 0.05) is 17.5 Å². The zero-order valence-electron chi connectivity index (χ0n) is 15.3. The minimum Gasteiger partial charge on any atom is -0.465 e. The maximum Gasteiger partial charge on any atom is 0.408 e. The number of rotatable bonds is 3. The number of carboxylic acid groups (broad SMARTS) is 1. The van der Waals surface area contributed by atoms with Gasteiger partial charge in [0.25, 0.3) is 0 Å². The molecule has 1 N–H and O–H groups in total. The summed E-state index contributed by atoms with van der Waals surface area (Å²) in [6.45, 7) is 3.27. The molecule has 0 unspecified atom stereocenters. The Balaban J connectivity index is 1.71. The van der Waals surface area contributed by atoms with Crippen LogP contribution in [0.4, 0.5) is 4.79 Å². The molecule has 0 spiro atoms. The van der Waals surface area contributed by atoms with Crippen LogP contribution in [0.2, 0.25) is 5.02 Å². The van der Waals surface area contributed by atoms with E-state index in [1.54, 1.807) is 0 Å². The second kappa shape index (κ2) is 7.48. The highest BCUT2D eigenvalue weighted by molar-refractivity contribution is 6.30. The first-order valence-electron chi connectivity index (χ1n) is 9.39. The number of amides is 1. The number of aromatic nitrogens is 3. The van der Waals surface area contributed by atoms with Crippen LogP contribution in [0.25, 0.3) is 5.69 Å². The summed E-state index contributed by atoms with van der Waals surface area (Å²) in [6, 6.07) is 5.60. The van der Waals surface area contributed by atoms with Crippen molar-refractivity contribution in [2.45, 2.75) is 57.7 Å². The molecule has 1 aliphatic heterocycles. The minimum atomic E-state index is -0.976. The molecule has 144 valence electrons. The van der Waals surface area contributed by atoms with Crippen molar-refractivity contribution in [1.82, 2.24) is 19.7 Å². The largest absolute Gasteiger partial charge is 0.465 e. The standard InChI is InChI=1S/C19H23ClN4O3/c1-2-27-15-6-3-12(4-7-15)18-22-21-17-11-23(19(25)26)10-13-9-14(20)5-8-16(13)24(17)18/h5,8-9,12,15H,2-4,6-7,10-11H2,1H3,(H,25,26). The molecule has 0 saturated heterocycles. The van der Waals surface area contributed by atoms with Crippen LogP contribution in [-0.4, -0.2) is 43.6 Å². The normalized spacial score (nSPS) is 22.1. The highest BCUT2D eigenvalue weighted by Crippen LogP contribution is 2.36. The van der Waals surface area contributed by atoms with E-state index in [-0.39, 0.29) is 13.1 Å². The monoisotopic (exact) mass is 390 g/mol. The Morgan fingerprint density at radius 3 is 2.74 bits per heavy atom. The number of benzene rings is 1. The third-order valence-electron chi connectivity index (χ3n) is 5.44. The smallest absolute Gasteiger partial charge is 0.408 e. The van der Waals surface area contributed by atoms with Crippen molar-refractivity contribution < 1.29 is 14.6 Å². The van der Waals surface area contributed by atoms with Crippen molar-refractivity contribution in [1.29, 1.82) is 0 Å². The van der Waals surface area contributed by atoms with E-state index in [4.69, 9.17) is 16.3 Å². The average Bonchev–Trinajstić information content (AvgIpc) is 2.98. The van der Waals surface area contributed by atoms with E-state index in [2.05, 4.69) is 10.2 Å². The van der Waals surface area contributed by atoms with Crippen LogP contribution in [0.15, 0.2) is 18.2 Å². The Hall–Kier alpha value is -2.12. The molecule has 2 heterocycles. The SMILES string of the molecule is CCOC1CCC(c2nnc3n2-c2ccc(Cl)cc2CN(C(=O)O)C3)CC1. The molecule has 1 saturated carbocycles. The Labute approximate surface area is 162 Å². The zero-order chi connectivity index (χ0) is 19.0. The average molecular weight is 391 g/mol. The number of fused-ring (bicyclic) bond motifs is 3. The summed E-state index contributed by atoms with van der Waals surface area (Å²) in [4.78, 5) is 13.0. The van der Waals surface area contributed by atoms with E-state index in [0.717, 1.165) is 49.4 Å². The second-order valence-electron chi connectivity index (χ2n) is 7.15. The molecule has 1 aromatic heterocycles. The van der Waals surface area contributed by atoms with Gasteiger partial charge in [-0.3, -0.25) is 9.47 Å². The molecule has 2 aromatic rings. The van der Waals surface area contributed by atoms with Gasteiger partial charge in [0.2, 0.25) is 0 Å². The van der Waals surface area contributed by atoms with Gasteiger partial charge in [-0.05, 0) is 56.4 Å². The van der Waals surface area contributed by atoms with E-state index in [9.17, 15) is 9.90 Å². The fourth-order valence-electron chi connectivity index (χ4n) is 4.15. The van der Waals surface area contributed by atoms with Crippen LogP contribution in [0.1, 0.15) is 55.7 Å². The molecule has 7 nitrogen and oxygen atoms in total. The van der Waals surface area contributed by atoms with Gasteiger partial charge in [-0.25, -0.2) is 4.79 Å². The van der Waals surface area contributed by atoms with Crippen molar-refractivity contribution in [3.05, 3.63) is 40.4 Å². The summed E-state index contributed by atoms with van der Waals surface area (Å²) in [5.41, 5.74) is 1.79. The topological polar surface area (TPSA) is 80.5 Å². The van der Waals surface area contributed by atoms with Crippen LogP contribution >= 0.6 is 11.6 Å². The fourth-order valence-corrected chi connectivity index (χ4v) is 4.34. The van der Waals surface area contributed by atoms with Gasteiger partial charge in [-0.2, -0.15) is 0 Å². The molecular formula is C19H23ClN4O3. The molecule has 1 aliphatic carbocycles. The van der Waals surface area contributed by atoms with Gasteiger partial charge >= 0.3 is 6.09 Å².